The van der Waals surface area contributed by atoms with Crippen LogP contribution in [0.3, 0.4) is 0 Å². The van der Waals surface area contributed by atoms with Crippen LogP contribution in [-0.2, 0) is 0 Å². The maximum Gasteiger partial charge on any atom is 0.278 e. The van der Waals surface area contributed by atoms with E-state index in [1.165, 1.54) is 18.3 Å². The third-order valence-electron chi connectivity index (χ3n) is 2.62. The molecule has 0 saturated carbocycles. The van der Waals surface area contributed by atoms with Crippen LogP contribution in [-0.4, -0.2) is 17.0 Å². The lowest BCUT2D eigenvalue weighted by Gasteiger charge is -2.01. The molecule has 0 aliphatic carbocycles. The SMILES string of the molecule is O=C(NN=Cc1ccccc1[N+](=O)[O-])c1ccccc1Cl. The number of hydrazone groups is 1. The molecule has 0 atom stereocenters. The highest BCUT2D eigenvalue weighted by Gasteiger charge is 2.11. The Morgan fingerprint density at radius 1 is 1.19 bits per heavy atom. The van der Waals surface area contributed by atoms with Crippen molar-refractivity contribution < 1.29 is 9.72 Å². The second-order valence-corrected chi connectivity index (χ2v) is 4.40. The molecule has 0 aromatic heterocycles. The summed E-state index contributed by atoms with van der Waals surface area (Å²) in [6.45, 7) is 0. The normalized spacial score (nSPS) is 10.5. The van der Waals surface area contributed by atoms with Crippen molar-refractivity contribution >= 4 is 29.4 Å². The van der Waals surface area contributed by atoms with E-state index in [1.54, 1.807) is 36.4 Å². The number of halogens is 1. The topological polar surface area (TPSA) is 84.6 Å². The van der Waals surface area contributed by atoms with Gasteiger partial charge in [-0.3, -0.25) is 14.9 Å². The van der Waals surface area contributed by atoms with Gasteiger partial charge in [0.05, 0.1) is 27.3 Å². The maximum atomic E-state index is 11.8. The van der Waals surface area contributed by atoms with Gasteiger partial charge in [0.2, 0.25) is 0 Å². The van der Waals surface area contributed by atoms with Crippen LogP contribution < -0.4 is 5.43 Å². The van der Waals surface area contributed by atoms with Gasteiger partial charge in [0.25, 0.3) is 11.6 Å². The molecule has 1 N–H and O–H groups in total. The van der Waals surface area contributed by atoms with Crippen molar-refractivity contribution in [2.24, 2.45) is 5.10 Å². The Kier molecular flexibility index (Phi) is 4.63. The molecule has 0 aliphatic rings. The zero-order chi connectivity index (χ0) is 15.2. The molecule has 0 heterocycles. The number of nitro benzene ring substituents is 1. The van der Waals surface area contributed by atoms with Gasteiger partial charge >= 0.3 is 0 Å². The molecule has 21 heavy (non-hydrogen) atoms. The van der Waals surface area contributed by atoms with Crippen LogP contribution in [0.4, 0.5) is 5.69 Å². The second kappa shape index (κ2) is 6.62. The minimum atomic E-state index is -0.517. The largest absolute Gasteiger partial charge is 0.278 e. The van der Waals surface area contributed by atoms with E-state index in [0.717, 1.165) is 0 Å². The first kappa shape index (κ1) is 14.7. The highest BCUT2D eigenvalue weighted by molar-refractivity contribution is 6.33. The van der Waals surface area contributed by atoms with Gasteiger partial charge in [0.15, 0.2) is 0 Å². The van der Waals surface area contributed by atoms with Gasteiger partial charge in [-0.05, 0) is 18.2 Å². The van der Waals surface area contributed by atoms with Gasteiger partial charge in [0, 0.05) is 6.07 Å². The fraction of sp³-hybridized carbons (Fsp3) is 0. The highest BCUT2D eigenvalue weighted by atomic mass is 35.5. The first-order valence-electron chi connectivity index (χ1n) is 5.91. The van der Waals surface area contributed by atoms with E-state index in [2.05, 4.69) is 10.5 Å². The summed E-state index contributed by atoms with van der Waals surface area (Å²) in [5.41, 5.74) is 2.76. The van der Waals surface area contributed by atoms with Gasteiger partial charge in [0.1, 0.15) is 0 Å². The number of hydrogen-bond acceptors (Lipinski definition) is 4. The van der Waals surface area contributed by atoms with Gasteiger partial charge in [-0.1, -0.05) is 35.9 Å². The predicted octanol–water partition coefficient (Wildman–Crippen LogP) is 3.01. The molecular weight excluding hydrogens is 294 g/mol. The summed E-state index contributed by atoms with van der Waals surface area (Å²) in [6, 6.07) is 12.6. The summed E-state index contributed by atoms with van der Waals surface area (Å²) in [4.78, 5) is 22.1. The van der Waals surface area contributed by atoms with E-state index >= 15 is 0 Å². The van der Waals surface area contributed by atoms with Gasteiger partial charge in [-0.15, -0.1) is 0 Å². The smallest absolute Gasteiger partial charge is 0.267 e. The zero-order valence-electron chi connectivity index (χ0n) is 10.7. The summed E-state index contributed by atoms with van der Waals surface area (Å²) < 4.78 is 0. The van der Waals surface area contributed by atoms with Crippen molar-refractivity contribution in [1.82, 2.24) is 5.43 Å². The molecule has 0 bridgehead atoms. The fourth-order valence-electron chi connectivity index (χ4n) is 1.63. The van der Waals surface area contributed by atoms with E-state index in [-0.39, 0.29) is 11.3 Å². The fourth-order valence-corrected chi connectivity index (χ4v) is 1.85. The van der Waals surface area contributed by atoms with Crippen molar-refractivity contribution in [3.05, 3.63) is 74.8 Å². The Labute approximate surface area is 125 Å². The first-order chi connectivity index (χ1) is 10.1. The Morgan fingerprint density at radius 2 is 1.86 bits per heavy atom. The number of rotatable bonds is 4. The number of nitrogens with zero attached hydrogens (tertiary/aromatic N) is 2. The van der Waals surface area contributed by atoms with Gasteiger partial charge < -0.3 is 0 Å². The molecule has 0 saturated heterocycles. The molecule has 2 aromatic carbocycles. The summed E-state index contributed by atoms with van der Waals surface area (Å²) in [5.74, 6) is -0.490. The monoisotopic (exact) mass is 303 g/mol. The lowest BCUT2D eigenvalue weighted by Crippen LogP contribution is -2.18. The number of para-hydroxylation sites is 1. The number of amides is 1. The number of nitrogens with one attached hydrogen (secondary N) is 1. The molecular formula is C14H10ClN3O3. The molecule has 106 valence electrons. The molecule has 6 nitrogen and oxygen atoms in total. The molecule has 7 heteroatoms. The van der Waals surface area contributed by atoms with E-state index in [1.807, 2.05) is 0 Å². The van der Waals surface area contributed by atoms with E-state index in [4.69, 9.17) is 11.6 Å². The second-order valence-electron chi connectivity index (χ2n) is 3.99. The standard InChI is InChI=1S/C14H10ClN3O3/c15-12-7-3-2-6-11(12)14(19)17-16-9-10-5-1-4-8-13(10)18(20)21/h1-9H,(H,17,19). The van der Waals surface area contributed by atoms with Crippen LogP contribution in [0.15, 0.2) is 53.6 Å². The summed E-state index contributed by atoms with van der Waals surface area (Å²) >= 11 is 5.88. The van der Waals surface area contributed by atoms with Crippen molar-refractivity contribution in [1.29, 1.82) is 0 Å². The summed E-state index contributed by atoms with van der Waals surface area (Å²) in [5, 5.41) is 14.8. The van der Waals surface area contributed by atoms with Gasteiger partial charge in [-0.25, -0.2) is 5.43 Å². The van der Waals surface area contributed by atoms with Crippen molar-refractivity contribution in [3.63, 3.8) is 0 Å². The number of nitro groups is 1. The lowest BCUT2D eigenvalue weighted by atomic mass is 10.2. The first-order valence-corrected chi connectivity index (χ1v) is 6.29. The number of carbonyl (C=O) groups excluding carboxylic acids is 1. The molecule has 1 amide bonds. The van der Waals surface area contributed by atoms with E-state index < -0.39 is 10.8 Å². The van der Waals surface area contributed by atoms with Crippen LogP contribution in [0.5, 0.6) is 0 Å². The third kappa shape index (κ3) is 3.64. The Hall–Kier alpha value is -2.73. The maximum absolute atomic E-state index is 11.8. The molecule has 0 unspecified atom stereocenters. The average molecular weight is 304 g/mol. The Bertz CT molecular complexity index is 716. The van der Waals surface area contributed by atoms with Crippen LogP contribution in [0.2, 0.25) is 5.02 Å². The molecule has 2 aromatic rings. The van der Waals surface area contributed by atoms with Crippen molar-refractivity contribution in [2.75, 3.05) is 0 Å². The van der Waals surface area contributed by atoms with Crippen molar-refractivity contribution in [3.8, 4) is 0 Å². The number of carbonyl (C=O) groups is 1. The zero-order valence-corrected chi connectivity index (χ0v) is 11.4. The Morgan fingerprint density at radius 3 is 2.57 bits per heavy atom. The molecule has 0 radical (unpaired) electrons. The molecule has 0 fully saturated rings. The average Bonchev–Trinajstić information content (AvgIpc) is 2.48. The molecule has 2 rings (SSSR count). The quantitative estimate of drug-likeness (QED) is 0.535. The minimum Gasteiger partial charge on any atom is -0.267 e. The van der Waals surface area contributed by atoms with Crippen LogP contribution in [0, 0.1) is 10.1 Å². The van der Waals surface area contributed by atoms with Crippen LogP contribution >= 0.6 is 11.6 Å². The number of hydrogen-bond donors (Lipinski definition) is 1. The van der Waals surface area contributed by atoms with Crippen LogP contribution in [0.25, 0.3) is 0 Å². The minimum absolute atomic E-state index is 0.0896. The number of benzene rings is 2. The predicted molar refractivity (Wildman–Crippen MR) is 79.6 cm³/mol. The van der Waals surface area contributed by atoms with Crippen LogP contribution in [0.1, 0.15) is 15.9 Å². The highest BCUT2D eigenvalue weighted by Crippen LogP contribution is 2.16. The Balaban J connectivity index is 2.12. The molecule has 0 spiro atoms. The third-order valence-corrected chi connectivity index (χ3v) is 2.95. The molecule has 0 aliphatic heterocycles. The summed E-state index contributed by atoms with van der Waals surface area (Å²) in [6.07, 6.45) is 1.22. The van der Waals surface area contributed by atoms with E-state index in [9.17, 15) is 14.9 Å². The van der Waals surface area contributed by atoms with Crippen molar-refractivity contribution in [2.45, 2.75) is 0 Å². The van der Waals surface area contributed by atoms with E-state index in [0.29, 0.717) is 10.6 Å². The van der Waals surface area contributed by atoms with Gasteiger partial charge in [-0.2, -0.15) is 5.10 Å². The lowest BCUT2D eigenvalue weighted by molar-refractivity contribution is -0.385. The summed E-state index contributed by atoms with van der Waals surface area (Å²) in [7, 11) is 0.